The van der Waals surface area contributed by atoms with Crippen molar-refractivity contribution < 1.29 is 57.4 Å². The molecule has 3 aromatic heterocycles. The summed E-state index contributed by atoms with van der Waals surface area (Å²) in [5.74, 6) is -5.88. The fraction of sp³-hybridized carbons (Fsp3) is 0.491. The highest BCUT2D eigenvalue weighted by Gasteiger charge is 2.30. The predicted molar refractivity (Wildman–Crippen MR) is 289 cm³/mol. The number of fused-ring (bicyclic) bond motifs is 2. The number of H-pyrrole nitrogens is 1. The predicted octanol–water partition coefficient (Wildman–Crippen LogP) is -1.16. The number of hydrogen-bond donors (Lipinski definition) is 10. The third-order valence-corrected chi connectivity index (χ3v) is 12.2. The lowest BCUT2D eigenvalue weighted by atomic mass is 10.0. The molecule has 0 aliphatic heterocycles. The summed E-state index contributed by atoms with van der Waals surface area (Å²) in [6.45, 7) is 3.58. The normalized spacial score (nSPS) is 12.2. The average Bonchev–Trinajstić information content (AvgIpc) is 4.27. The number of carbonyl (C=O) groups is 9. The maximum absolute atomic E-state index is 14.4. The van der Waals surface area contributed by atoms with Crippen molar-refractivity contribution in [2.75, 3.05) is 72.4 Å². The number of nitrogens with zero attached hydrogens (tertiary/aromatic N) is 4. The van der Waals surface area contributed by atoms with Gasteiger partial charge in [0.25, 0.3) is 0 Å². The van der Waals surface area contributed by atoms with Crippen LogP contribution in [0.3, 0.4) is 0 Å². The molecule has 0 spiro atoms. The molecule has 2 aromatic carbocycles. The van der Waals surface area contributed by atoms with Crippen LogP contribution in [0.5, 0.6) is 0 Å². The van der Waals surface area contributed by atoms with Crippen LogP contribution in [0.2, 0.25) is 0 Å². The lowest BCUT2D eigenvalue weighted by Gasteiger charge is -2.23. The second kappa shape index (κ2) is 33.1. The van der Waals surface area contributed by atoms with E-state index < -0.39 is 98.2 Å². The van der Waals surface area contributed by atoms with Crippen LogP contribution in [0.4, 0.5) is 0 Å². The molecule has 0 saturated heterocycles. The lowest BCUT2D eigenvalue weighted by molar-refractivity contribution is -0.133. The van der Waals surface area contributed by atoms with Gasteiger partial charge in [-0.3, -0.25) is 47.8 Å². The Balaban J connectivity index is 1.17. The van der Waals surface area contributed by atoms with Gasteiger partial charge in [0.05, 0.1) is 64.9 Å². The van der Waals surface area contributed by atoms with Crippen molar-refractivity contribution in [1.82, 2.24) is 67.1 Å². The molecule has 3 heterocycles. The van der Waals surface area contributed by atoms with E-state index in [1.54, 1.807) is 17.1 Å². The highest BCUT2D eigenvalue weighted by atomic mass is 16.5. The zero-order valence-electron chi connectivity index (χ0n) is 45.0. The second-order valence-electron chi connectivity index (χ2n) is 18.6. The first kappa shape index (κ1) is 61.6. The van der Waals surface area contributed by atoms with Gasteiger partial charge in [-0.15, -0.1) is 5.10 Å². The van der Waals surface area contributed by atoms with Gasteiger partial charge in [0.1, 0.15) is 24.7 Å². The van der Waals surface area contributed by atoms with Crippen LogP contribution in [-0.4, -0.2) is 168 Å². The molecule has 0 fully saturated rings. The Bertz CT molecular complexity index is 2830. The van der Waals surface area contributed by atoms with Crippen LogP contribution in [-0.2, 0) is 90.2 Å². The van der Waals surface area contributed by atoms with Gasteiger partial charge in [-0.25, -0.2) is 0 Å². The highest BCUT2D eigenvalue weighted by Crippen LogP contribution is 2.23. The van der Waals surface area contributed by atoms with Gasteiger partial charge in [-0.1, -0.05) is 68.3 Å². The minimum Gasteiger partial charge on any atom is -0.377 e. The first-order valence-corrected chi connectivity index (χ1v) is 26.4. The zero-order chi connectivity index (χ0) is 56.9. The molecule has 0 aliphatic rings. The Morgan fingerprint density at radius 2 is 1.19 bits per heavy atom. The number of primary amides is 1. The van der Waals surface area contributed by atoms with Crippen LogP contribution in [0, 0.1) is 0 Å². The van der Waals surface area contributed by atoms with E-state index in [-0.39, 0.29) is 45.0 Å². The standard InChI is InChI=1S/C53H74N14O12/c1-4-6-16-46(69)55-17-19-77-20-21-78-22-23-79-34-50(73)62-43(26-37-33-67(65-64-37)18-7-5-2)52(75)60-30-48(71)58-31-49(72)61-42(24-35-27-56-40-14-10-8-12-38(35)40)53(76)63-41(51(74)59-29-47(70)57-28-45(54)68)25-36-32-66(3)44-15-11-9-13-39(36)44/h8-15,27,32-33,41-43,56H,4-7,16-26,28-31,34H2,1-3H3,(H2,54,68)(H,55,69)(H,57,70)(H,58,71)(H,59,74)(H,60,75)(H,61,72)(H,62,73)(H,63,76)/t41-,42-,43+/m1/s1. The van der Waals surface area contributed by atoms with Crippen LogP contribution in [0.15, 0.2) is 67.1 Å². The van der Waals surface area contributed by atoms with Crippen molar-refractivity contribution in [2.45, 2.75) is 89.9 Å². The first-order valence-electron chi connectivity index (χ1n) is 26.4. The molecule has 26 heteroatoms. The summed E-state index contributed by atoms with van der Waals surface area (Å²) in [6.07, 6.45) is 9.05. The van der Waals surface area contributed by atoms with E-state index in [2.05, 4.69) is 57.8 Å². The van der Waals surface area contributed by atoms with E-state index in [1.807, 2.05) is 80.2 Å². The van der Waals surface area contributed by atoms with Crippen LogP contribution in [0.1, 0.15) is 62.8 Å². The summed E-state index contributed by atoms with van der Waals surface area (Å²) in [5.41, 5.74) is 8.55. The number of benzene rings is 2. The number of nitrogens with two attached hydrogens (primary N) is 1. The van der Waals surface area contributed by atoms with Gasteiger partial charge in [0, 0.05) is 86.2 Å². The minimum absolute atomic E-state index is 0.0115. The highest BCUT2D eigenvalue weighted by molar-refractivity contribution is 5.97. The molecule has 0 radical (unpaired) electrons. The molecule has 11 N–H and O–H groups in total. The third-order valence-electron chi connectivity index (χ3n) is 12.2. The fourth-order valence-corrected chi connectivity index (χ4v) is 8.14. The van der Waals surface area contributed by atoms with Crippen molar-refractivity contribution in [3.8, 4) is 0 Å². The van der Waals surface area contributed by atoms with Crippen molar-refractivity contribution in [3.63, 3.8) is 0 Å². The average molecular weight is 1100 g/mol. The summed E-state index contributed by atoms with van der Waals surface area (Å²) < 4.78 is 19.9. The van der Waals surface area contributed by atoms with E-state index in [0.29, 0.717) is 49.5 Å². The van der Waals surface area contributed by atoms with Gasteiger partial charge >= 0.3 is 0 Å². The minimum atomic E-state index is -1.31. The maximum atomic E-state index is 14.4. The Kier molecular flexibility index (Phi) is 25.9. The Hall–Kier alpha value is -8.23. The summed E-state index contributed by atoms with van der Waals surface area (Å²) in [6, 6.07) is 11.0. The van der Waals surface area contributed by atoms with E-state index in [1.165, 1.54) is 0 Å². The van der Waals surface area contributed by atoms with Crippen molar-refractivity contribution in [3.05, 3.63) is 83.9 Å². The Morgan fingerprint density at radius 1 is 0.595 bits per heavy atom. The Labute approximate surface area is 457 Å². The lowest BCUT2D eigenvalue weighted by Crippen LogP contribution is -2.56. The molecule has 26 nitrogen and oxygen atoms in total. The van der Waals surface area contributed by atoms with Crippen LogP contribution in [0.25, 0.3) is 21.8 Å². The SMILES string of the molecule is CCCCC(=O)NCCOCCOCCOCC(=O)N[C@@H](Cc1cn(CCCC)nn1)C(=O)NCC(=O)NCC(=O)N[C@H](Cc1c[nH]c2ccccc12)C(=O)N[C@H](Cc1cn(C)c2ccccc12)C(=O)NCC(=O)NCC(N)=O. The zero-order valence-corrected chi connectivity index (χ0v) is 45.0. The molecule has 5 aromatic rings. The molecule has 0 aliphatic carbocycles. The molecule has 79 heavy (non-hydrogen) atoms. The number of aromatic amines is 1. The maximum Gasteiger partial charge on any atom is 0.246 e. The summed E-state index contributed by atoms with van der Waals surface area (Å²) in [7, 11) is 1.84. The number of amides is 9. The summed E-state index contributed by atoms with van der Waals surface area (Å²) in [4.78, 5) is 120. The van der Waals surface area contributed by atoms with Crippen molar-refractivity contribution >= 4 is 75.0 Å². The van der Waals surface area contributed by atoms with Crippen molar-refractivity contribution in [2.24, 2.45) is 12.8 Å². The van der Waals surface area contributed by atoms with Crippen LogP contribution >= 0.6 is 0 Å². The second-order valence-corrected chi connectivity index (χ2v) is 18.6. The number of unbranched alkanes of at least 4 members (excludes halogenated alkanes) is 2. The van der Waals surface area contributed by atoms with Gasteiger partial charge in [-0.2, -0.15) is 0 Å². The van der Waals surface area contributed by atoms with E-state index >= 15 is 0 Å². The molecule has 0 bridgehead atoms. The molecule has 5 rings (SSSR count). The fourth-order valence-electron chi connectivity index (χ4n) is 8.14. The largest absolute Gasteiger partial charge is 0.377 e. The molecule has 9 amide bonds. The van der Waals surface area contributed by atoms with E-state index in [4.69, 9.17) is 19.9 Å². The van der Waals surface area contributed by atoms with Gasteiger partial charge < -0.3 is 72.0 Å². The summed E-state index contributed by atoms with van der Waals surface area (Å²) >= 11 is 0. The molecular weight excluding hydrogens is 1020 g/mol. The van der Waals surface area contributed by atoms with Crippen LogP contribution < -0.4 is 48.3 Å². The molecule has 0 unspecified atom stereocenters. The topological polar surface area (TPSA) is 355 Å². The number of rotatable bonds is 37. The first-order chi connectivity index (χ1) is 38.1. The number of para-hydroxylation sites is 2. The Morgan fingerprint density at radius 3 is 1.90 bits per heavy atom. The number of nitrogens with one attached hydrogen (secondary N) is 9. The summed E-state index contributed by atoms with van der Waals surface area (Å²) in [5, 5.41) is 30.5. The monoisotopic (exact) mass is 1100 g/mol. The third kappa shape index (κ3) is 21.6. The molecule has 3 atom stereocenters. The van der Waals surface area contributed by atoms with Gasteiger partial charge in [-0.05, 0) is 36.1 Å². The number of aromatic nitrogens is 5. The number of hydrogen-bond acceptors (Lipinski definition) is 14. The van der Waals surface area contributed by atoms with Gasteiger partial charge in [0.15, 0.2) is 0 Å². The number of aryl methyl sites for hydroxylation is 2. The van der Waals surface area contributed by atoms with E-state index in [9.17, 15) is 43.2 Å². The van der Waals surface area contributed by atoms with Crippen molar-refractivity contribution in [1.29, 1.82) is 0 Å². The molecular formula is C53H74N14O12. The number of carbonyl (C=O) groups excluding carboxylic acids is 9. The smallest absolute Gasteiger partial charge is 0.246 e. The quantitative estimate of drug-likeness (QED) is 0.0210. The molecule has 0 saturated carbocycles. The molecule has 428 valence electrons. The number of ether oxygens (including phenoxy) is 3. The van der Waals surface area contributed by atoms with Gasteiger partial charge in [0.2, 0.25) is 53.2 Å². The van der Waals surface area contributed by atoms with E-state index in [0.717, 1.165) is 47.5 Å².